The molecule has 2 rings (SSSR count). The van der Waals surface area contributed by atoms with Crippen molar-refractivity contribution in [2.75, 3.05) is 6.54 Å². The van der Waals surface area contributed by atoms with Gasteiger partial charge in [-0.2, -0.15) is 4.39 Å². The number of likely N-dealkylation sites (tertiary alicyclic amines) is 1. The maximum atomic E-state index is 13.2. The van der Waals surface area contributed by atoms with Crippen molar-refractivity contribution in [3.05, 3.63) is 45.4 Å². The minimum Gasteiger partial charge on any atom is -0.465 e. The van der Waals surface area contributed by atoms with Crippen LogP contribution in [0.2, 0.25) is 0 Å². The lowest BCUT2D eigenvalue weighted by molar-refractivity contribution is -0.387. The average molecular weight is 280 g/mol. The summed E-state index contributed by atoms with van der Waals surface area (Å²) < 4.78 is 13.2. The number of hydrogen-bond donors (Lipinski definition) is 1. The van der Waals surface area contributed by atoms with Gasteiger partial charge >= 0.3 is 11.8 Å². The van der Waals surface area contributed by atoms with Gasteiger partial charge in [-0.05, 0) is 37.0 Å². The van der Waals surface area contributed by atoms with Gasteiger partial charge in [0.1, 0.15) is 0 Å². The fourth-order valence-corrected chi connectivity index (χ4v) is 2.17. The third kappa shape index (κ3) is 2.93. The Balaban J connectivity index is 2.35. The zero-order valence-electron chi connectivity index (χ0n) is 10.6. The van der Waals surface area contributed by atoms with Crippen molar-refractivity contribution < 1.29 is 19.2 Å². The van der Waals surface area contributed by atoms with E-state index in [9.17, 15) is 19.3 Å². The molecule has 1 aromatic rings. The molecule has 1 fully saturated rings. The van der Waals surface area contributed by atoms with Gasteiger partial charge in [0, 0.05) is 18.3 Å². The summed E-state index contributed by atoms with van der Waals surface area (Å²) in [6, 6.07) is 3.51. The summed E-state index contributed by atoms with van der Waals surface area (Å²) in [5.41, 5.74) is 0.378. The Morgan fingerprint density at radius 2 is 2.20 bits per heavy atom. The maximum Gasteiger partial charge on any atom is 0.411 e. The van der Waals surface area contributed by atoms with Gasteiger partial charge in [-0.25, -0.2) is 4.79 Å². The average Bonchev–Trinajstić information content (AvgIpc) is 2.41. The summed E-state index contributed by atoms with van der Waals surface area (Å²) in [7, 11) is 0. The molecule has 1 aliphatic heterocycles. The van der Waals surface area contributed by atoms with E-state index in [-0.39, 0.29) is 0 Å². The second kappa shape index (κ2) is 5.68. The molecule has 106 valence electrons. The molecule has 1 aliphatic rings. The first kappa shape index (κ1) is 14.0. The molecule has 20 heavy (non-hydrogen) atoms. The fourth-order valence-electron chi connectivity index (χ4n) is 2.17. The number of allylic oxidation sites excluding steroid dienone is 1. The van der Waals surface area contributed by atoms with Crippen LogP contribution in [0, 0.1) is 15.9 Å². The molecule has 0 aliphatic carbocycles. The molecule has 1 aromatic carbocycles. The van der Waals surface area contributed by atoms with Crippen LogP contribution < -0.4 is 0 Å². The summed E-state index contributed by atoms with van der Waals surface area (Å²) in [6.45, 7) is 0.407. The molecule has 0 bridgehead atoms. The summed E-state index contributed by atoms with van der Waals surface area (Å²) in [6.07, 6.45) is 2.73. The highest BCUT2D eigenvalue weighted by Gasteiger charge is 2.21. The van der Waals surface area contributed by atoms with Gasteiger partial charge in [0.05, 0.1) is 4.92 Å². The number of nitrogens with zero attached hydrogens (tertiary/aromatic N) is 2. The highest BCUT2D eigenvalue weighted by Crippen LogP contribution is 2.25. The SMILES string of the molecule is O=C(O)N1CCCC/C1=C/c1ccc(F)c([N+](=O)[O-])c1. The molecule has 0 spiro atoms. The normalized spacial score (nSPS) is 17.2. The van der Waals surface area contributed by atoms with Gasteiger partial charge in [-0.1, -0.05) is 6.07 Å². The summed E-state index contributed by atoms with van der Waals surface area (Å²) >= 11 is 0. The summed E-state index contributed by atoms with van der Waals surface area (Å²) in [4.78, 5) is 22.2. The molecule has 6 nitrogen and oxygen atoms in total. The molecule has 0 atom stereocenters. The highest BCUT2D eigenvalue weighted by atomic mass is 19.1. The standard InChI is InChI=1S/C13H13FN2O4/c14-11-5-4-9(8-12(11)16(19)20)7-10-3-1-2-6-15(10)13(17)18/h4-5,7-8H,1-3,6H2,(H,17,18)/b10-7-. The van der Waals surface area contributed by atoms with Crippen LogP contribution in [-0.4, -0.2) is 27.6 Å². The number of nitro benzene ring substituents is 1. The van der Waals surface area contributed by atoms with Crippen LogP contribution in [-0.2, 0) is 0 Å². The fraction of sp³-hybridized carbons (Fsp3) is 0.308. The number of benzene rings is 1. The van der Waals surface area contributed by atoms with E-state index >= 15 is 0 Å². The van der Waals surface area contributed by atoms with Crippen LogP contribution in [0.15, 0.2) is 23.9 Å². The number of piperidine rings is 1. The monoisotopic (exact) mass is 280 g/mol. The number of halogens is 1. The first-order chi connectivity index (χ1) is 9.49. The van der Waals surface area contributed by atoms with Crippen molar-refractivity contribution >= 4 is 17.9 Å². The molecule has 1 saturated heterocycles. The Bertz CT molecular complexity index is 586. The van der Waals surface area contributed by atoms with Gasteiger partial charge in [-0.15, -0.1) is 0 Å². The number of rotatable bonds is 2. The van der Waals surface area contributed by atoms with Crippen LogP contribution in [0.25, 0.3) is 6.08 Å². The molecule has 1 amide bonds. The van der Waals surface area contributed by atoms with Gasteiger partial charge in [0.2, 0.25) is 5.82 Å². The van der Waals surface area contributed by atoms with Gasteiger partial charge in [0.25, 0.3) is 0 Å². The van der Waals surface area contributed by atoms with Gasteiger partial charge < -0.3 is 5.11 Å². The van der Waals surface area contributed by atoms with Gasteiger partial charge in [-0.3, -0.25) is 15.0 Å². The van der Waals surface area contributed by atoms with E-state index in [4.69, 9.17) is 5.11 Å². The number of hydrogen-bond acceptors (Lipinski definition) is 3. The highest BCUT2D eigenvalue weighted by molar-refractivity contribution is 5.70. The van der Waals surface area contributed by atoms with E-state index < -0.39 is 22.5 Å². The number of carbonyl (C=O) groups is 1. The quantitative estimate of drug-likeness (QED) is 0.665. The molecule has 0 radical (unpaired) electrons. The van der Waals surface area contributed by atoms with Crippen molar-refractivity contribution in [2.45, 2.75) is 19.3 Å². The van der Waals surface area contributed by atoms with Crippen LogP contribution in [0.4, 0.5) is 14.9 Å². The lowest BCUT2D eigenvalue weighted by atomic mass is 10.0. The van der Waals surface area contributed by atoms with Crippen molar-refractivity contribution in [1.29, 1.82) is 0 Å². The van der Waals surface area contributed by atoms with E-state index in [0.717, 1.165) is 25.0 Å². The smallest absolute Gasteiger partial charge is 0.411 e. The molecule has 0 aromatic heterocycles. The molecule has 7 heteroatoms. The van der Waals surface area contributed by atoms with E-state index in [1.54, 1.807) is 6.08 Å². The second-order valence-electron chi connectivity index (χ2n) is 4.49. The van der Waals surface area contributed by atoms with Crippen LogP contribution in [0.1, 0.15) is 24.8 Å². The molecule has 0 saturated carbocycles. The minimum absolute atomic E-state index is 0.407. The zero-order chi connectivity index (χ0) is 14.7. The van der Waals surface area contributed by atoms with E-state index in [2.05, 4.69) is 0 Å². The zero-order valence-corrected chi connectivity index (χ0v) is 10.6. The van der Waals surface area contributed by atoms with Crippen molar-refractivity contribution in [2.24, 2.45) is 0 Å². The second-order valence-corrected chi connectivity index (χ2v) is 4.49. The molecular formula is C13H13FN2O4. The third-order valence-electron chi connectivity index (χ3n) is 3.14. The van der Waals surface area contributed by atoms with Crippen LogP contribution >= 0.6 is 0 Å². The van der Waals surface area contributed by atoms with Crippen molar-refractivity contribution in [3.63, 3.8) is 0 Å². The largest absolute Gasteiger partial charge is 0.465 e. The predicted octanol–water partition coefficient (Wildman–Crippen LogP) is 3.24. The molecule has 1 heterocycles. The van der Waals surface area contributed by atoms with Crippen molar-refractivity contribution in [3.8, 4) is 0 Å². The topological polar surface area (TPSA) is 83.7 Å². The summed E-state index contributed by atoms with van der Waals surface area (Å²) in [5, 5.41) is 19.8. The Morgan fingerprint density at radius 3 is 2.85 bits per heavy atom. The first-order valence-corrected chi connectivity index (χ1v) is 6.14. The maximum absolute atomic E-state index is 13.2. The first-order valence-electron chi connectivity index (χ1n) is 6.14. The number of carboxylic acid groups (broad SMARTS) is 1. The van der Waals surface area contributed by atoms with E-state index in [1.165, 1.54) is 11.0 Å². The lowest BCUT2D eigenvalue weighted by Gasteiger charge is -2.27. The molecule has 1 N–H and O–H groups in total. The minimum atomic E-state index is -1.05. The molecular weight excluding hydrogens is 267 g/mol. The Kier molecular flexibility index (Phi) is 3.97. The van der Waals surface area contributed by atoms with Gasteiger partial charge in [0.15, 0.2) is 0 Å². The third-order valence-corrected chi connectivity index (χ3v) is 3.14. The summed E-state index contributed by atoms with van der Waals surface area (Å²) in [5.74, 6) is -0.907. The van der Waals surface area contributed by atoms with E-state index in [1.807, 2.05) is 0 Å². The Hall–Kier alpha value is -2.44. The van der Waals surface area contributed by atoms with Crippen LogP contribution in [0.3, 0.4) is 0 Å². The van der Waals surface area contributed by atoms with Crippen molar-refractivity contribution in [1.82, 2.24) is 4.90 Å². The van der Waals surface area contributed by atoms with Crippen LogP contribution in [0.5, 0.6) is 0 Å². The Labute approximate surface area is 114 Å². The van der Waals surface area contributed by atoms with E-state index in [0.29, 0.717) is 24.2 Å². The number of nitro groups is 1. The predicted molar refractivity (Wildman–Crippen MR) is 69.6 cm³/mol. The molecule has 0 unspecified atom stereocenters. The lowest BCUT2D eigenvalue weighted by Crippen LogP contribution is -2.32. The number of amides is 1. The Morgan fingerprint density at radius 1 is 1.45 bits per heavy atom.